The average Bonchev–Trinajstić information content (AvgIpc) is 2.94. The highest BCUT2D eigenvalue weighted by molar-refractivity contribution is 7.86. The minimum absolute atomic E-state index is 0.0545. The fraction of sp³-hybridized carbons (Fsp3) is 0.632. The van der Waals surface area contributed by atoms with Crippen LogP contribution in [0.5, 0.6) is 0 Å². The summed E-state index contributed by atoms with van der Waals surface area (Å²) >= 11 is 0. The van der Waals surface area contributed by atoms with Gasteiger partial charge in [-0.25, -0.2) is 0 Å². The highest BCUT2D eigenvalue weighted by Gasteiger charge is 2.61. The number of carbonyl (C=O) groups excluding carboxylic acids is 1. The van der Waals surface area contributed by atoms with Gasteiger partial charge in [-0.3, -0.25) is 8.98 Å². The molecule has 1 aliphatic heterocycles. The molecule has 2 fully saturated rings. The van der Waals surface area contributed by atoms with Gasteiger partial charge < -0.3 is 24.1 Å². The normalized spacial score (nSPS) is 33.9. The smallest absolute Gasteiger partial charge is 0.303 e. The highest BCUT2D eigenvalue weighted by atomic mass is 32.2. The summed E-state index contributed by atoms with van der Waals surface area (Å²) in [7, 11) is -2.90. The fourth-order valence-corrected chi connectivity index (χ4v) is 4.80. The Labute approximate surface area is 170 Å². The fourth-order valence-electron chi connectivity index (χ4n) is 3.71. The molecule has 0 spiro atoms. The van der Waals surface area contributed by atoms with Gasteiger partial charge in [-0.05, 0) is 32.9 Å². The lowest BCUT2D eigenvalue weighted by Gasteiger charge is -2.43. The number of esters is 1. The van der Waals surface area contributed by atoms with E-state index >= 15 is 0 Å². The third-order valence-corrected chi connectivity index (χ3v) is 6.25. The third kappa shape index (κ3) is 4.47. The lowest BCUT2D eigenvalue weighted by Crippen LogP contribution is -2.65. The van der Waals surface area contributed by atoms with Crippen molar-refractivity contribution in [3.05, 3.63) is 29.8 Å². The molecular formula is C19H26O9S. The summed E-state index contributed by atoms with van der Waals surface area (Å²) in [4.78, 5) is 11.5. The van der Waals surface area contributed by atoms with E-state index in [0.29, 0.717) is 0 Å². The zero-order valence-corrected chi connectivity index (χ0v) is 17.7. The number of fused-ring (bicyclic) bond motifs is 1. The molecule has 29 heavy (non-hydrogen) atoms. The first-order valence-electron chi connectivity index (χ1n) is 9.19. The van der Waals surface area contributed by atoms with Gasteiger partial charge in [-0.2, -0.15) is 8.42 Å². The summed E-state index contributed by atoms with van der Waals surface area (Å²) in [5.41, 5.74) is 0.889. The second-order valence-electron chi connectivity index (χ2n) is 7.66. The Bertz CT molecular complexity index is 849. The summed E-state index contributed by atoms with van der Waals surface area (Å²) in [6.45, 7) is 6.32. The minimum atomic E-state index is -4.22. The molecule has 1 saturated carbocycles. The summed E-state index contributed by atoms with van der Waals surface area (Å²) in [6, 6.07) is 6.12. The number of methoxy groups -OCH3 is 1. The van der Waals surface area contributed by atoms with E-state index in [4.69, 9.17) is 23.1 Å². The summed E-state index contributed by atoms with van der Waals surface area (Å²) in [5, 5.41) is 10.8. The van der Waals surface area contributed by atoms with E-state index in [-0.39, 0.29) is 4.90 Å². The van der Waals surface area contributed by atoms with Gasteiger partial charge in [0.2, 0.25) is 0 Å². The predicted molar refractivity (Wildman–Crippen MR) is 99.4 cm³/mol. The minimum Gasteiger partial charge on any atom is -0.457 e. The Hall–Kier alpha value is -1.56. The third-order valence-electron chi connectivity index (χ3n) is 4.93. The highest BCUT2D eigenvalue weighted by Crippen LogP contribution is 2.41. The van der Waals surface area contributed by atoms with Crippen molar-refractivity contribution in [3.63, 3.8) is 0 Å². The number of aliphatic hydroxyl groups is 1. The van der Waals surface area contributed by atoms with Crippen molar-refractivity contribution >= 4 is 16.1 Å². The maximum absolute atomic E-state index is 12.8. The van der Waals surface area contributed by atoms with Crippen LogP contribution >= 0.6 is 0 Å². The van der Waals surface area contributed by atoms with Gasteiger partial charge in [0.05, 0.1) is 4.90 Å². The average molecular weight is 430 g/mol. The van der Waals surface area contributed by atoms with E-state index in [1.54, 1.807) is 26.0 Å². The maximum Gasteiger partial charge on any atom is 0.303 e. The van der Waals surface area contributed by atoms with Crippen LogP contribution in [0.3, 0.4) is 0 Å². The zero-order chi connectivity index (χ0) is 21.6. The lowest BCUT2D eigenvalue weighted by atomic mass is 9.84. The van der Waals surface area contributed by atoms with Crippen LogP contribution in [0.25, 0.3) is 0 Å². The lowest BCUT2D eigenvalue weighted by molar-refractivity contribution is -0.210. The van der Waals surface area contributed by atoms with Crippen LogP contribution in [0.2, 0.25) is 0 Å². The number of aryl methyl sites for hydroxylation is 1. The molecule has 0 unspecified atom stereocenters. The van der Waals surface area contributed by atoms with Crippen LogP contribution in [-0.4, -0.2) is 69.0 Å². The van der Waals surface area contributed by atoms with E-state index < -0.39 is 58.5 Å². The van der Waals surface area contributed by atoms with E-state index in [1.165, 1.54) is 26.2 Å². The Kier molecular flexibility index (Phi) is 6.06. The predicted octanol–water partition coefficient (Wildman–Crippen LogP) is 0.910. The van der Waals surface area contributed by atoms with E-state index in [9.17, 15) is 18.3 Å². The SMILES string of the molecule is CO[C@H]1[C@H](O)[C@@H](OS(=O)(=O)c2ccc(C)cc2)[C@@H]2OC(C)(C)O[C@@H]2[C@H]1OC(C)=O. The molecule has 9 nitrogen and oxygen atoms in total. The summed E-state index contributed by atoms with van der Waals surface area (Å²) in [5.74, 6) is -1.70. The van der Waals surface area contributed by atoms with Crippen LogP contribution < -0.4 is 0 Å². The van der Waals surface area contributed by atoms with Crippen molar-refractivity contribution in [1.82, 2.24) is 0 Å². The summed E-state index contributed by atoms with van der Waals surface area (Å²) < 4.78 is 53.3. The first kappa shape index (κ1) is 22.1. The first-order chi connectivity index (χ1) is 13.4. The van der Waals surface area contributed by atoms with Gasteiger partial charge in [0.1, 0.15) is 30.5 Å². The number of rotatable bonds is 5. The molecule has 1 aromatic carbocycles. The monoisotopic (exact) mass is 430 g/mol. The van der Waals surface area contributed by atoms with Crippen LogP contribution in [0.4, 0.5) is 0 Å². The topological polar surface area (TPSA) is 118 Å². The molecule has 0 radical (unpaired) electrons. The molecule has 6 atom stereocenters. The van der Waals surface area contributed by atoms with Crippen molar-refractivity contribution in [3.8, 4) is 0 Å². The molecular weight excluding hydrogens is 404 g/mol. The molecule has 0 bridgehead atoms. The number of hydrogen-bond donors (Lipinski definition) is 1. The first-order valence-corrected chi connectivity index (χ1v) is 10.6. The quantitative estimate of drug-likeness (QED) is 0.537. The maximum atomic E-state index is 12.8. The Morgan fingerprint density at radius 3 is 2.14 bits per heavy atom. The van der Waals surface area contributed by atoms with E-state index in [1.807, 2.05) is 6.92 Å². The standard InChI is InChI=1S/C19H26O9S/c1-10-6-8-12(9-7-10)29(22,23)28-15-13(21)14(24-5)16(25-11(2)20)18-17(15)26-19(3,4)27-18/h6-9,13-18,21H,1-5H3/t13-,14-,15+,16-,17-,18+/m0/s1. The molecule has 0 aromatic heterocycles. The van der Waals surface area contributed by atoms with Gasteiger partial charge >= 0.3 is 5.97 Å². The number of hydrogen-bond acceptors (Lipinski definition) is 9. The van der Waals surface area contributed by atoms with Gasteiger partial charge in [0, 0.05) is 14.0 Å². The molecule has 1 heterocycles. The van der Waals surface area contributed by atoms with Crippen molar-refractivity contribution < 1.29 is 41.4 Å². The molecule has 162 valence electrons. The van der Waals surface area contributed by atoms with Crippen LogP contribution in [0, 0.1) is 6.92 Å². The van der Waals surface area contributed by atoms with Crippen molar-refractivity contribution in [2.45, 2.75) is 75.0 Å². The van der Waals surface area contributed by atoms with Crippen molar-refractivity contribution in [2.24, 2.45) is 0 Å². The van der Waals surface area contributed by atoms with Crippen molar-refractivity contribution in [1.29, 1.82) is 0 Å². The van der Waals surface area contributed by atoms with Gasteiger partial charge in [-0.15, -0.1) is 0 Å². The molecule has 1 aliphatic carbocycles. The summed E-state index contributed by atoms with van der Waals surface area (Å²) in [6.07, 6.45) is -6.75. The van der Waals surface area contributed by atoms with E-state index in [2.05, 4.69) is 0 Å². The number of carbonyl (C=O) groups is 1. The largest absolute Gasteiger partial charge is 0.457 e. The van der Waals surface area contributed by atoms with Crippen LogP contribution in [-0.2, 0) is 38.0 Å². The van der Waals surface area contributed by atoms with Gasteiger partial charge in [0.15, 0.2) is 11.9 Å². The van der Waals surface area contributed by atoms with Crippen molar-refractivity contribution in [2.75, 3.05) is 7.11 Å². The molecule has 2 aliphatic rings. The molecule has 3 rings (SSSR count). The zero-order valence-electron chi connectivity index (χ0n) is 16.9. The second kappa shape index (κ2) is 7.93. The Morgan fingerprint density at radius 1 is 1.07 bits per heavy atom. The van der Waals surface area contributed by atoms with Gasteiger partial charge in [-0.1, -0.05) is 17.7 Å². The molecule has 1 saturated heterocycles. The molecule has 0 amide bonds. The molecule has 10 heteroatoms. The molecule has 1 aromatic rings. The number of aliphatic hydroxyl groups excluding tert-OH is 1. The Balaban J connectivity index is 1.95. The Morgan fingerprint density at radius 2 is 1.62 bits per heavy atom. The second-order valence-corrected chi connectivity index (χ2v) is 9.23. The number of benzene rings is 1. The van der Waals surface area contributed by atoms with E-state index in [0.717, 1.165) is 5.56 Å². The van der Waals surface area contributed by atoms with Gasteiger partial charge in [0.25, 0.3) is 10.1 Å². The molecule has 1 N–H and O–H groups in total. The van der Waals surface area contributed by atoms with Crippen LogP contribution in [0.1, 0.15) is 26.3 Å². The van der Waals surface area contributed by atoms with Crippen LogP contribution in [0.15, 0.2) is 29.2 Å². The number of ether oxygens (including phenoxy) is 4.